The van der Waals surface area contributed by atoms with Crippen LogP contribution in [0.1, 0.15) is 11.1 Å². The van der Waals surface area contributed by atoms with Crippen molar-refractivity contribution in [2.75, 3.05) is 62.4 Å². The van der Waals surface area contributed by atoms with E-state index in [4.69, 9.17) is 20.0 Å². The number of nitriles is 2. The van der Waals surface area contributed by atoms with Crippen LogP contribution >= 0.6 is 0 Å². The minimum absolute atomic E-state index is 0.640. The first-order valence-electron chi connectivity index (χ1n) is 15.0. The molecule has 0 radical (unpaired) electrons. The second-order valence-corrected chi connectivity index (χ2v) is 10.8. The Hall–Kier alpha value is -5.82. The summed E-state index contributed by atoms with van der Waals surface area (Å²) < 4.78 is 10.9. The molecule has 0 saturated carbocycles. The Bertz CT molecular complexity index is 1930. The Morgan fingerprint density at radius 2 is 1.04 bits per heavy atom. The van der Waals surface area contributed by atoms with Crippen molar-refractivity contribution in [3.8, 4) is 34.4 Å². The lowest BCUT2D eigenvalue weighted by atomic mass is 10.0. The number of H-pyrrole nitrogens is 2. The van der Waals surface area contributed by atoms with Crippen molar-refractivity contribution >= 4 is 33.7 Å². The van der Waals surface area contributed by atoms with E-state index >= 15 is 0 Å². The topological polar surface area (TPSA) is 156 Å². The molecule has 2 aromatic carbocycles. The predicted octanol–water partition coefficient (Wildman–Crippen LogP) is 4.67. The van der Waals surface area contributed by atoms with Gasteiger partial charge in [-0.2, -0.15) is 10.5 Å². The van der Waals surface area contributed by atoms with E-state index in [1.807, 2.05) is 48.8 Å². The molecule has 2 aliphatic rings. The second kappa shape index (κ2) is 13.0. The minimum Gasteiger partial charge on any atom is -0.378 e. The molecule has 0 aliphatic carbocycles. The van der Waals surface area contributed by atoms with E-state index < -0.39 is 0 Å². The molecule has 2 N–H and O–H groups in total. The van der Waals surface area contributed by atoms with Gasteiger partial charge in [-0.05, 0) is 35.4 Å². The van der Waals surface area contributed by atoms with Crippen molar-refractivity contribution in [2.45, 2.75) is 0 Å². The number of hydrogen-bond donors (Lipinski definition) is 2. The van der Waals surface area contributed by atoms with E-state index in [-0.39, 0.29) is 0 Å². The molecule has 2 saturated heterocycles. The molecule has 2 fully saturated rings. The first kappa shape index (κ1) is 28.9. The summed E-state index contributed by atoms with van der Waals surface area (Å²) in [5.74, 6) is 1.83. The summed E-state index contributed by atoms with van der Waals surface area (Å²) >= 11 is 0. The van der Waals surface area contributed by atoms with Gasteiger partial charge in [0.15, 0.2) is 0 Å². The Labute approximate surface area is 264 Å². The van der Waals surface area contributed by atoms with Crippen LogP contribution in [0.4, 0.5) is 11.6 Å². The number of nitrogens with zero attached hydrogens (tertiary/aromatic N) is 8. The molecule has 0 atom stereocenters. The third kappa shape index (κ3) is 5.71. The average molecular weight is 611 g/mol. The molecule has 8 rings (SSSR count). The van der Waals surface area contributed by atoms with Crippen LogP contribution in [0.5, 0.6) is 0 Å². The Morgan fingerprint density at radius 1 is 0.609 bits per heavy atom. The number of rotatable bonds is 4. The Balaban J connectivity index is 0.000000147. The number of ether oxygens (including phenoxy) is 2. The van der Waals surface area contributed by atoms with Gasteiger partial charge in [0.1, 0.15) is 35.6 Å². The van der Waals surface area contributed by atoms with Crippen LogP contribution in [-0.2, 0) is 9.47 Å². The number of hydrogen-bond acceptors (Lipinski definition) is 10. The van der Waals surface area contributed by atoms with Gasteiger partial charge in [0, 0.05) is 49.7 Å². The number of nitrogens with one attached hydrogen (secondary N) is 2. The molecular weight excluding hydrogens is 580 g/mol. The number of morpholine rings is 2. The monoisotopic (exact) mass is 610 g/mol. The van der Waals surface area contributed by atoms with Gasteiger partial charge >= 0.3 is 0 Å². The molecule has 46 heavy (non-hydrogen) atoms. The van der Waals surface area contributed by atoms with E-state index in [1.165, 1.54) is 0 Å². The number of aromatic amines is 2. The van der Waals surface area contributed by atoms with Crippen molar-refractivity contribution in [2.24, 2.45) is 0 Å². The fourth-order valence-corrected chi connectivity index (χ4v) is 5.89. The zero-order valence-corrected chi connectivity index (χ0v) is 25.0. The van der Waals surface area contributed by atoms with Crippen LogP contribution in [0.3, 0.4) is 0 Å². The van der Waals surface area contributed by atoms with Crippen molar-refractivity contribution in [1.29, 1.82) is 10.5 Å². The van der Waals surface area contributed by atoms with Gasteiger partial charge < -0.3 is 29.2 Å². The summed E-state index contributed by atoms with van der Waals surface area (Å²) in [5, 5.41) is 20.2. The quantitative estimate of drug-likeness (QED) is 0.288. The maximum Gasteiger partial charge on any atom is 0.143 e. The molecule has 228 valence electrons. The molecule has 12 heteroatoms. The molecule has 4 aromatic heterocycles. The lowest BCUT2D eigenvalue weighted by molar-refractivity contribution is 0.122. The highest BCUT2D eigenvalue weighted by Crippen LogP contribution is 2.35. The smallest absolute Gasteiger partial charge is 0.143 e. The molecule has 0 amide bonds. The maximum atomic E-state index is 9.13. The average Bonchev–Trinajstić information content (AvgIpc) is 3.78. The Kier molecular flexibility index (Phi) is 8.20. The highest BCUT2D eigenvalue weighted by Gasteiger charge is 2.21. The van der Waals surface area contributed by atoms with Gasteiger partial charge in [0.25, 0.3) is 0 Å². The summed E-state index contributed by atoms with van der Waals surface area (Å²) in [6, 6.07) is 19.5. The van der Waals surface area contributed by atoms with Gasteiger partial charge in [-0.15, -0.1) is 0 Å². The first-order valence-corrected chi connectivity index (χ1v) is 15.0. The number of benzene rings is 2. The SMILES string of the molecule is N#Cc1cccc(-c2c[nH]c3ncnc(N4CCOCC4)c23)c1.N#Cc1cccc(-c2c[nH]c3ncnc(N4CCOCC4)c23)c1. The lowest BCUT2D eigenvalue weighted by Gasteiger charge is -2.28. The van der Waals surface area contributed by atoms with Gasteiger partial charge in [-0.1, -0.05) is 24.3 Å². The van der Waals surface area contributed by atoms with Crippen LogP contribution in [0, 0.1) is 22.7 Å². The number of fused-ring (bicyclic) bond motifs is 2. The first-order chi connectivity index (χ1) is 22.7. The van der Waals surface area contributed by atoms with Gasteiger partial charge in [0.2, 0.25) is 0 Å². The predicted molar refractivity (Wildman–Crippen MR) is 174 cm³/mol. The third-order valence-electron chi connectivity index (χ3n) is 8.13. The maximum absolute atomic E-state index is 9.13. The van der Waals surface area contributed by atoms with E-state index in [0.717, 1.165) is 82.1 Å². The highest BCUT2D eigenvalue weighted by molar-refractivity contribution is 6.02. The van der Waals surface area contributed by atoms with E-state index in [9.17, 15) is 0 Å². The zero-order valence-electron chi connectivity index (χ0n) is 25.0. The summed E-state index contributed by atoms with van der Waals surface area (Å²) in [4.78, 5) is 28.5. The van der Waals surface area contributed by atoms with Crippen molar-refractivity contribution in [3.05, 3.63) is 84.7 Å². The second-order valence-electron chi connectivity index (χ2n) is 10.8. The largest absolute Gasteiger partial charge is 0.378 e. The highest BCUT2D eigenvalue weighted by atomic mass is 16.5. The molecule has 6 heterocycles. The minimum atomic E-state index is 0.640. The van der Waals surface area contributed by atoms with Crippen LogP contribution in [-0.4, -0.2) is 82.5 Å². The summed E-state index contributed by atoms with van der Waals surface area (Å²) in [6.45, 7) is 6.07. The van der Waals surface area contributed by atoms with Gasteiger partial charge in [0.05, 0.1) is 60.5 Å². The Morgan fingerprint density at radius 3 is 1.46 bits per heavy atom. The molecule has 0 spiro atoms. The standard InChI is InChI=1S/2C17H15N5O/c2*18-9-12-2-1-3-13(8-12)14-10-19-16-15(14)17(21-11-20-16)22-4-6-23-7-5-22/h2*1-3,8,10-11H,4-7H2,(H,19,20,21). The van der Waals surface area contributed by atoms with E-state index in [2.05, 4.69) is 51.8 Å². The van der Waals surface area contributed by atoms with E-state index in [0.29, 0.717) is 37.6 Å². The van der Waals surface area contributed by atoms with Crippen molar-refractivity contribution in [3.63, 3.8) is 0 Å². The molecule has 0 bridgehead atoms. The molecular formula is C34H30N10O2. The summed E-state index contributed by atoms with van der Waals surface area (Å²) in [5.41, 5.74) is 6.89. The molecule has 0 unspecified atom stereocenters. The normalized spacial score (nSPS) is 14.8. The number of aromatic nitrogens is 6. The fourth-order valence-electron chi connectivity index (χ4n) is 5.89. The van der Waals surface area contributed by atoms with Crippen LogP contribution in [0.25, 0.3) is 44.3 Å². The van der Waals surface area contributed by atoms with E-state index in [1.54, 1.807) is 24.8 Å². The molecule has 6 aromatic rings. The summed E-state index contributed by atoms with van der Waals surface area (Å²) in [7, 11) is 0. The lowest BCUT2D eigenvalue weighted by Crippen LogP contribution is -2.36. The van der Waals surface area contributed by atoms with Crippen LogP contribution < -0.4 is 9.80 Å². The third-order valence-corrected chi connectivity index (χ3v) is 8.13. The van der Waals surface area contributed by atoms with Crippen molar-refractivity contribution in [1.82, 2.24) is 29.9 Å². The van der Waals surface area contributed by atoms with Gasteiger partial charge in [-0.25, -0.2) is 19.9 Å². The van der Waals surface area contributed by atoms with Crippen molar-refractivity contribution < 1.29 is 9.47 Å². The molecule has 12 nitrogen and oxygen atoms in total. The summed E-state index contributed by atoms with van der Waals surface area (Å²) in [6.07, 6.45) is 7.03. The fraction of sp³-hybridized carbons (Fsp3) is 0.235. The van der Waals surface area contributed by atoms with Gasteiger partial charge in [-0.3, -0.25) is 0 Å². The zero-order chi connectivity index (χ0) is 31.3. The van der Waals surface area contributed by atoms with Crippen LogP contribution in [0.15, 0.2) is 73.6 Å². The molecule has 2 aliphatic heterocycles. The van der Waals surface area contributed by atoms with Crippen LogP contribution in [0.2, 0.25) is 0 Å². The number of anilines is 2.